The maximum absolute atomic E-state index is 11.9. The van der Waals surface area contributed by atoms with Crippen LogP contribution in [0.25, 0.3) is 0 Å². The number of carbonyl (C=O) groups excluding carboxylic acids is 1. The van der Waals surface area contributed by atoms with Crippen LogP contribution < -0.4 is 4.90 Å². The number of thiazole rings is 1. The molecule has 0 N–H and O–H groups in total. The van der Waals surface area contributed by atoms with Gasteiger partial charge in [0.1, 0.15) is 5.69 Å². The third kappa shape index (κ3) is 2.55. The lowest BCUT2D eigenvalue weighted by atomic mass is 10.0. The molecule has 102 valence electrons. The summed E-state index contributed by atoms with van der Waals surface area (Å²) in [5, 5.41) is 1.12. The molecule has 0 spiro atoms. The Morgan fingerprint density at radius 3 is 2.37 bits per heavy atom. The molecule has 0 unspecified atom stereocenters. The molecular formula is C15H20N2OS. The number of rotatable bonds is 5. The molecule has 0 aromatic carbocycles. The first-order valence-corrected chi connectivity index (χ1v) is 8.39. The van der Waals surface area contributed by atoms with Crippen LogP contribution in [0.2, 0.25) is 0 Å². The summed E-state index contributed by atoms with van der Waals surface area (Å²) < 4.78 is 0. The van der Waals surface area contributed by atoms with Crippen LogP contribution in [0.5, 0.6) is 0 Å². The Hall–Kier alpha value is -0.900. The number of Topliss-reactive ketones (excluding diaryl/α,β-unsaturated/α-hetero) is 1. The highest BCUT2D eigenvalue weighted by atomic mass is 32.1. The molecule has 0 aliphatic heterocycles. The molecule has 4 heteroatoms. The van der Waals surface area contributed by atoms with Crippen molar-refractivity contribution in [1.82, 2.24) is 4.98 Å². The van der Waals surface area contributed by atoms with Gasteiger partial charge in [0.05, 0.1) is 0 Å². The fraction of sp³-hybridized carbons (Fsp3) is 0.733. The second-order valence-electron chi connectivity index (χ2n) is 6.34. The number of aromatic nitrogens is 1. The van der Waals surface area contributed by atoms with Gasteiger partial charge in [-0.2, -0.15) is 0 Å². The van der Waals surface area contributed by atoms with Crippen LogP contribution in [-0.4, -0.2) is 23.9 Å². The highest BCUT2D eigenvalue weighted by molar-refractivity contribution is 7.16. The number of hydrogen-bond acceptors (Lipinski definition) is 4. The first-order valence-electron chi connectivity index (χ1n) is 7.57. The largest absolute Gasteiger partial charge is 0.348 e. The highest BCUT2D eigenvalue weighted by Crippen LogP contribution is 2.38. The fourth-order valence-corrected chi connectivity index (χ4v) is 3.98. The molecule has 0 amide bonds. The van der Waals surface area contributed by atoms with E-state index in [1.165, 1.54) is 30.6 Å². The highest BCUT2D eigenvalue weighted by Gasteiger charge is 2.32. The molecule has 1 aromatic heterocycles. The number of anilines is 1. The molecule has 3 aliphatic carbocycles. The normalized spacial score (nSPS) is 22.4. The van der Waals surface area contributed by atoms with E-state index in [4.69, 9.17) is 0 Å². The quantitative estimate of drug-likeness (QED) is 0.827. The number of fused-ring (bicyclic) bond motifs is 1. The summed E-state index contributed by atoms with van der Waals surface area (Å²) in [5.41, 5.74) is 0.794. The van der Waals surface area contributed by atoms with E-state index in [1.807, 2.05) is 0 Å². The summed E-state index contributed by atoms with van der Waals surface area (Å²) in [5.74, 6) is 2.03. The molecule has 4 rings (SSSR count). The average molecular weight is 276 g/mol. The summed E-state index contributed by atoms with van der Waals surface area (Å²) in [4.78, 5) is 20.3. The molecule has 3 nitrogen and oxygen atoms in total. The van der Waals surface area contributed by atoms with Crippen molar-refractivity contribution in [2.75, 3.05) is 18.0 Å². The van der Waals surface area contributed by atoms with Crippen molar-refractivity contribution < 1.29 is 4.79 Å². The molecule has 0 atom stereocenters. The number of aryl methyl sites for hydroxylation is 1. The summed E-state index contributed by atoms with van der Waals surface area (Å²) in [7, 11) is 0. The second-order valence-corrected chi connectivity index (χ2v) is 7.40. The maximum Gasteiger partial charge on any atom is 0.186 e. The molecule has 0 bridgehead atoms. The van der Waals surface area contributed by atoms with Crippen molar-refractivity contribution in [2.45, 2.75) is 44.9 Å². The molecule has 2 fully saturated rings. The monoisotopic (exact) mass is 276 g/mol. The smallest absolute Gasteiger partial charge is 0.186 e. The third-order valence-electron chi connectivity index (χ3n) is 4.38. The van der Waals surface area contributed by atoms with Gasteiger partial charge >= 0.3 is 0 Å². The van der Waals surface area contributed by atoms with Gasteiger partial charge in [-0.15, -0.1) is 11.3 Å². The lowest BCUT2D eigenvalue weighted by Gasteiger charge is -2.21. The zero-order chi connectivity index (χ0) is 12.8. The minimum absolute atomic E-state index is 0.265. The lowest BCUT2D eigenvalue weighted by molar-refractivity contribution is 0.0968. The summed E-state index contributed by atoms with van der Waals surface area (Å²) in [6, 6.07) is 0. The van der Waals surface area contributed by atoms with E-state index < -0.39 is 0 Å². The Morgan fingerprint density at radius 2 is 1.79 bits per heavy atom. The fourth-order valence-electron chi connectivity index (χ4n) is 2.84. The Labute approximate surface area is 118 Å². The summed E-state index contributed by atoms with van der Waals surface area (Å²) in [6.07, 6.45) is 8.28. The van der Waals surface area contributed by atoms with Crippen LogP contribution in [0.3, 0.4) is 0 Å². The molecule has 3 aliphatic rings. The second kappa shape index (κ2) is 4.58. The molecule has 19 heavy (non-hydrogen) atoms. The van der Waals surface area contributed by atoms with Gasteiger partial charge in [-0.05, 0) is 50.4 Å². The van der Waals surface area contributed by atoms with Crippen molar-refractivity contribution in [3.63, 3.8) is 0 Å². The van der Waals surface area contributed by atoms with Gasteiger partial charge in [-0.3, -0.25) is 4.79 Å². The first kappa shape index (κ1) is 11.9. The summed E-state index contributed by atoms with van der Waals surface area (Å²) >= 11 is 1.78. The minimum atomic E-state index is 0.265. The van der Waals surface area contributed by atoms with Gasteiger partial charge < -0.3 is 4.90 Å². The van der Waals surface area contributed by atoms with Gasteiger partial charge in [-0.25, -0.2) is 4.98 Å². The molecule has 1 heterocycles. The van der Waals surface area contributed by atoms with Crippen LogP contribution in [0, 0.1) is 11.8 Å². The van der Waals surface area contributed by atoms with Crippen molar-refractivity contribution in [1.29, 1.82) is 0 Å². The third-order valence-corrected chi connectivity index (χ3v) is 5.56. The number of hydrogen-bond donors (Lipinski definition) is 0. The van der Waals surface area contributed by atoms with Gasteiger partial charge in [0.25, 0.3) is 0 Å². The van der Waals surface area contributed by atoms with E-state index in [0.717, 1.165) is 48.6 Å². The van der Waals surface area contributed by atoms with E-state index in [9.17, 15) is 4.79 Å². The Balaban J connectivity index is 1.58. The molecule has 1 aromatic rings. The SMILES string of the molecule is O=C1CCCc2sc(N(CC3CC3)CC3CC3)nc21. The van der Waals surface area contributed by atoms with Gasteiger partial charge in [0.2, 0.25) is 0 Å². The predicted octanol–water partition coefficient (Wildman–Crippen LogP) is 3.29. The standard InChI is InChI=1S/C15H20N2OS/c18-12-2-1-3-13-14(12)16-15(19-13)17(8-10-4-5-10)9-11-6-7-11/h10-11H,1-9H2. The number of ketones is 1. The van der Waals surface area contributed by atoms with E-state index in [0.29, 0.717) is 6.42 Å². The van der Waals surface area contributed by atoms with E-state index in [1.54, 1.807) is 11.3 Å². The van der Waals surface area contributed by atoms with E-state index >= 15 is 0 Å². The molecule has 2 saturated carbocycles. The van der Waals surface area contributed by atoms with E-state index in [-0.39, 0.29) is 5.78 Å². The Morgan fingerprint density at radius 1 is 1.11 bits per heavy atom. The van der Waals surface area contributed by atoms with Gasteiger partial charge in [-0.1, -0.05) is 0 Å². The van der Waals surface area contributed by atoms with Gasteiger partial charge in [0, 0.05) is 24.4 Å². The number of nitrogens with zero attached hydrogens (tertiary/aromatic N) is 2. The van der Waals surface area contributed by atoms with Crippen LogP contribution in [0.15, 0.2) is 0 Å². The number of carbonyl (C=O) groups is 1. The topological polar surface area (TPSA) is 33.2 Å². The van der Waals surface area contributed by atoms with Crippen LogP contribution >= 0.6 is 11.3 Å². The van der Waals surface area contributed by atoms with Crippen LogP contribution in [-0.2, 0) is 6.42 Å². The first-order chi connectivity index (χ1) is 9.29. The van der Waals surface area contributed by atoms with Crippen molar-refractivity contribution in [3.05, 3.63) is 10.6 Å². The van der Waals surface area contributed by atoms with Crippen molar-refractivity contribution in [3.8, 4) is 0 Å². The Kier molecular flexibility index (Phi) is 2.87. The predicted molar refractivity (Wildman–Crippen MR) is 77.0 cm³/mol. The van der Waals surface area contributed by atoms with Crippen molar-refractivity contribution >= 4 is 22.3 Å². The zero-order valence-electron chi connectivity index (χ0n) is 11.2. The maximum atomic E-state index is 11.9. The van der Waals surface area contributed by atoms with Crippen LogP contribution in [0.1, 0.15) is 53.9 Å². The Bertz CT molecular complexity index is 488. The minimum Gasteiger partial charge on any atom is -0.348 e. The zero-order valence-corrected chi connectivity index (χ0v) is 12.0. The van der Waals surface area contributed by atoms with Crippen LogP contribution in [0.4, 0.5) is 5.13 Å². The average Bonchev–Trinajstić information content (AvgIpc) is 3.31. The lowest BCUT2D eigenvalue weighted by Crippen LogP contribution is -2.28. The van der Waals surface area contributed by atoms with Crippen molar-refractivity contribution in [2.24, 2.45) is 11.8 Å². The molecular weight excluding hydrogens is 256 g/mol. The molecule has 0 saturated heterocycles. The summed E-state index contributed by atoms with van der Waals surface area (Å²) in [6.45, 7) is 2.33. The van der Waals surface area contributed by atoms with E-state index in [2.05, 4.69) is 9.88 Å². The van der Waals surface area contributed by atoms with Gasteiger partial charge in [0.15, 0.2) is 10.9 Å². The molecule has 0 radical (unpaired) electrons.